The second-order valence-electron chi connectivity index (χ2n) is 5.38. The van der Waals surface area contributed by atoms with Crippen molar-refractivity contribution in [3.63, 3.8) is 0 Å². The highest BCUT2D eigenvalue weighted by molar-refractivity contribution is 5.80. The number of carbonyl (C=O) groups excluding carboxylic acids is 2. The van der Waals surface area contributed by atoms with E-state index < -0.39 is 11.9 Å². The lowest BCUT2D eigenvalue weighted by atomic mass is 10.1. The lowest BCUT2D eigenvalue weighted by Crippen LogP contribution is -2.28. The van der Waals surface area contributed by atoms with Gasteiger partial charge in [0.15, 0.2) is 6.61 Å². The number of rotatable bonds is 8. The van der Waals surface area contributed by atoms with Crippen molar-refractivity contribution in [3.8, 4) is 5.75 Å². The van der Waals surface area contributed by atoms with Crippen LogP contribution in [0.3, 0.4) is 0 Å². The molecule has 0 saturated heterocycles. The molecule has 25 heavy (non-hydrogen) atoms. The van der Waals surface area contributed by atoms with E-state index in [4.69, 9.17) is 9.47 Å². The molecule has 0 spiro atoms. The standard InChI is InChI=1S/C19H20FNO4/c1-24-17-5-3-2-4-15(17)8-11-19(23)25-13-18(22)21-12-14-6-9-16(20)10-7-14/h2-7,9-10H,8,11-13H2,1H3,(H,21,22). The Bertz CT molecular complexity index is 716. The number of nitrogens with one attached hydrogen (secondary N) is 1. The summed E-state index contributed by atoms with van der Waals surface area (Å²) in [5, 5.41) is 2.61. The Kier molecular flexibility index (Phi) is 6.95. The molecule has 0 heterocycles. The van der Waals surface area contributed by atoms with Crippen LogP contribution in [0.2, 0.25) is 0 Å². The molecule has 0 unspecified atom stereocenters. The molecule has 0 radical (unpaired) electrons. The van der Waals surface area contributed by atoms with Crippen LogP contribution in [0.15, 0.2) is 48.5 Å². The molecule has 0 bridgehead atoms. The van der Waals surface area contributed by atoms with Crippen LogP contribution in [0.5, 0.6) is 5.75 Å². The van der Waals surface area contributed by atoms with Gasteiger partial charge in [-0.1, -0.05) is 30.3 Å². The SMILES string of the molecule is COc1ccccc1CCC(=O)OCC(=O)NCc1ccc(F)cc1. The summed E-state index contributed by atoms with van der Waals surface area (Å²) in [7, 11) is 1.57. The Morgan fingerprint density at radius 3 is 2.52 bits per heavy atom. The third-order valence-corrected chi connectivity index (χ3v) is 3.56. The maximum Gasteiger partial charge on any atom is 0.306 e. The molecule has 0 fully saturated rings. The van der Waals surface area contributed by atoms with Gasteiger partial charge >= 0.3 is 5.97 Å². The van der Waals surface area contributed by atoms with Gasteiger partial charge in [0.05, 0.1) is 7.11 Å². The summed E-state index contributed by atoms with van der Waals surface area (Å²) in [6, 6.07) is 13.2. The van der Waals surface area contributed by atoms with Gasteiger partial charge in [0, 0.05) is 13.0 Å². The van der Waals surface area contributed by atoms with Crippen LogP contribution < -0.4 is 10.1 Å². The van der Waals surface area contributed by atoms with Crippen molar-refractivity contribution in [1.82, 2.24) is 5.32 Å². The lowest BCUT2D eigenvalue weighted by molar-refractivity contribution is -0.148. The van der Waals surface area contributed by atoms with E-state index in [1.165, 1.54) is 12.1 Å². The topological polar surface area (TPSA) is 64.6 Å². The van der Waals surface area contributed by atoms with Gasteiger partial charge in [-0.2, -0.15) is 0 Å². The summed E-state index contributed by atoms with van der Waals surface area (Å²) in [6.07, 6.45) is 0.631. The number of benzene rings is 2. The minimum Gasteiger partial charge on any atom is -0.496 e. The van der Waals surface area contributed by atoms with E-state index in [1.54, 1.807) is 19.2 Å². The van der Waals surface area contributed by atoms with Crippen molar-refractivity contribution < 1.29 is 23.5 Å². The van der Waals surface area contributed by atoms with E-state index in [9.17, 15) is 14.0 Å². The zero-order valence-corrected chi connectivity index (χ0v) is 14.0. The number of carbonyl (C=O) groups is 2. The Morgan fingerprint density at radius 1 is 1.08 bits per heavy atom. The van der Waals surface area contributed by atoms with Crippen molar-refractivity contribution in [3.05, 3.63) is 65.5 Å². The van der Waals surface area contributed by atoms with Crippen molar-refractivity contribution in [2.24, 2.45) is 0 Å². The molecule has 1 N–H and O–H groups in total. The van der Waals surface area contributed by atoms with Crippen LogP contribution >= 0.6 is 0 Å². The number of methoxy groups -OCH3 is 1. The monoisotopic (exact) mass is 345 g/mol. The molecule has 132 valence electrons. The van der Waals surface area contributed by atoms with Crippen LogP contribution in [0, 0.1) is 5.82 Å². The maximum absolute atomic E-state index is 12.8. The van der Waals surface area contributed by atoms with Gasteiger partial charge < -0.3 is 14.8 Å². The molecular weight excluding hydrogens is 325 g/mol. The van der Waals surface area contributed by atoms with Gasteiger partial charge in [0.2, 0.25) is 0 Å². The molecule has 0 aliphatic heterocycles. The summed E-state index contributed by atoms with van der Waals surface area (Å²) < 4.78 is 23.0. The predicted octanol–water partition coefficient (Wildman–Crippen LogP) is 2.63. The number of hydrogen-bond donors (Lipinski definition) is 1. The molecule has 5 nitrogen and oxygen atoms in total. The van der Waals surface area contributed by atoms with Crippen molar-refractivity contribution in [1.29, 1.82) is 0 Å². The van der Waals surface area contributed by atoms with Gasteiger partial charge in [0.25, 0.3) is 5.91 Å². The maximum atomic E-state index is 12.8. The number of aryl methyl sites for hydroxylation is 1. The van der Waals surface area contributed by atoms with Gasteiger partial charge in [-0.25, -0.2) is 4.39 Å². The molecule has 2 rings (SSSR count). The lowest BCUT2D eigenvalue weighted by Gasteiger charge is -2.09. The largest absolute Gasteiger partial charge is 0.496 e. The van der Waals surface area contributed by atoms with E-state index in [0.29, 0.717) is 12.2 Å². The Labute approximate surface area is 145 Å². The molecule has 0 aliphatic rings. The Hall–Kier alpha value is -2.89. The highest BCUT2D eigenvalue weighted by Gasteiger charge is 2.09. The summed E-state index contributed by atoms with van der Waals surface area (Å²) in [4.78, 5) is 23.4. The zero-order valence-electron chi connectivity index (χ0n) is 14.0. The third-order valence-electron chi connectivity index (χ3n) is 3.56. The van der Waals surface area contributed by atoms with Crippen LogP contribution in [0.4, 0.5) is 4.39 Å². The first kappa shape index (κ1) is 18.4. The zero-order chi connectivity index (χ0) is 18.1. The molecular formula is C19H20FNO4. The summed E-state index contributed by atoms with van der Waals surface area (Å²) in [5.41, 5.74) is 1.67. The highest BCUT2D eigenvalue weighted by atomic mass is 19.1. The van der Waals surface area contributed by atoms with Crippen LogP contribution in [-0.2, 0) is 27.3 Å². The first-order valence-corrected chi connectivity index (χ1v) is 7.87. The molecule has 0 aliphatic carbocycles. The van der Waals surface area contributed by atoms with E-state index in [0.717, 1.165) is 11.1 Å². The molecule has 2 aromatic rings. The van der Waals surface area contributed by atoms with Crippen LogP contribution in [0.25, 0.3) is 0 Å². The molecule has 0 aromatic heterocycles. The number of para-hydroxylation sites is 1. The molecule has 2 aromatic carbocycles. The van der Waals surface area contributed by atoms with Gasteiger partial charge in [-0.05, 0) is 35.7 Å². The fourth-order valence-electron chi connectivity index (χ4n) is 2.22. The van der Waals surface area contributed by atoms with Gasteiger partial charge in [-0.3, -0.25) is 9.59 Å². The first-order chi connectivity index (χ1) is 12.1. The number of hydrogen-bond acceptors (Lipinski definition) is 4. The molecule has 6 heteroatoms. The van der Waals surface area contributed by atoms with Crippen molar-refractivity contribution >= 4 is 11.9 Å². The third kappa shape index (κ3) is 6.25. The average molecular weight is 345 g/mol. The van der Waals surface area contributed by atoms with Crippen LogP contribution in [-0.4, -0.2) is 25.6 Å². The summed E-state index contributed by atoms with van der Waals surface area (Å²) in [5.74, 6) is -0.482. The minimum atomic E-state index is -0.456. The van der Waals surface area contributed by atoms with Gasteiger partial charge in [0.1, 0.15) is 11.6 Å². The first-order valence-electron chi connectivity index (χ1n) is 7.87. The molecule has 1 amide bonds. The summed E-state index contributed by atoms with van der Waals surface area (Å²) in [6.45, 7) is -0.0934. The second-order valence-corrected chi connectivity index (χ2v) is 5.38. The second kappa shape index (κ2) is 9.42. The normalized spacial score (nSPS) is 10.2. The summed E-state index contributed by atoms with van der Waals surface area (Å²) >= 11 is 0. The van der Waals surface area contributed by atoms with E-state index in [-0.39, 0.29) is 25.4 Å². The van der Waals surface area contributed by atoms with Gasteiger partial charge in [-0.15, -0.1) is 0 Å². The van der Waals surface area contributed by atoms with Crippen molar-refractivity contribution in [2.75, 3.05) is 13.7 Å². The average Bonchev–Trinajstić information content (AvgIpc) is 2.64. The van der Waals surface area contributed by atoms with E-state index in [2.05, 4.69) is 5.32 Å². The molecule has 0 saturated carbocycles. The highest BCUT2D eigenvalue weighted by Crippen LogP contribution is 2.18. The number of ether oxygens (including phenoxy) is 2. The smallest absolute Gasteiger partial charge is 0.306 e. The predicted molar refractivity (Wildman–Crippen MR) is 90.5 cm³/mol. The number of halogens is 1. The van der Waals surface area contributed by atoms with Crippen molar-refractivity contribution in [2.45, 2.75) is 19.4 Å². The Morgan fingerprint density at radius 2 is 1.80 bits per heavy atom. The number of amides is 1. The van der Waals surface area contributed by atoms with E-state index >= 15 is 0 Å². The fourth-order valence-corrected chi connectivity index (χ4v) is 2.22. The molecule has 0 atom stereocenters. The number of esters is 1. The minimum absolute atomic E-state index is 0.158. The Balaban J connectivity index is 1.68. The fraction of sp³-hybridized carbons (Fsp3) is 0.263. The van der Waals surface area contributed by atoms with E-state index in [1.807, 2.05) is 24.3 Å². The quantitative estimate of drug-likeness (QED) is 0.747. The van der Waals surface area contributed by atoms with Crippen LogP contribution in [0.1, 0.15) is 17.5 Å².